The van der Waals surface area contributed by atoms with Crippen LogP contribution in [0.5, 0.6) is 0 Å². The molecule has 0 fully saturated rings. The number of rotatable bonds is 3. The third-order valence-electron chi connectivity index (χ3n) is 3.43. The summed E-state index contributed by atoms with van der Waals surface area (Å²) in [4.78, 5) is 1.70. The summed E-state index contributed by atoms with van der Waals surface area (Å²) in [6.07, 6.45) is -4.49. The Kier molecular flexibility index (Phi) is 4.23. The molecule has 0 aliphatic carbocycles. The van der Waals surface area contributed by atoms with Gasteiger partial charge in [0.2, 0.25) is 0 Å². The van der Waals surface area contributed by atoms with E-state index in [1.807, 2.05) is 31.2 Å². The van der Waals surface area contributed by atoms with Crippen LogP contribution >= 0.6 is 0 Å². The van der Waals surface area contributed by atoms with E-state index in [2.05, 4.69) is 0 Å². The highest BCUT2D eigenvalue weighted by molar-refractivity contribution is 5.66. The van der Waals surface area contributed by atoms with E-state index in [1.54, 1.807) is 18.0 Å². The maximum Gasteiger partial charge on any atom is 0.416 e. The van der Waals surface area contributed by atoms with Crippen molar-refractivity contribution in [3.8, 4) is 0 Å². The van der Waals surface area contributed by atoms with Crippen LogP contribution in [0.1, 0.15) is 16.7 Å². The fourth-order valence-corrected chi connectivity index (χ4v) is 2.25. The second-order valence-electron chi connectivity index (χ2n) is 4.84. The van der Waals surface area contributed by atoms with Crippen LogP contribution < -0.4 is 4.90 Å². The van der Waals surface area contributed by atoms with Crippen molar-refractivity contribution < 1.29 is 18.3 Å². The van der Waals surface area contributed by atoms with Crippen LogP contribution in [0, 0.1) is 6.92 Å². The van der Waals surface area contributed by atoms with Gasteiger partial charge in [-0.15, -0.1) is 0 Å². The van der Waals surface area contributed by atoms with Gasteiger partial charge in [0.1, 0.15) is 0 Å². The van der Waals surface area contributed by atoms with E-state index >= 15 is 0 Å². The molecule has 2 aromatic carbocycles. The van der Waals surface area contributed by atoms with E-state index < -0.39 is 18.3 Å². The van der Waals surface area contributed by atoms with Crippen molar-refractivity contribution >= 4 is 11.4 Å². The predicted octanol–water partition coefficient (Wildman–Crippen LogP) is 4.27. The Morgan fingerprint density at radius 3 is 2.33 bits per heavy atom. The fraction of sp³-hybridized carbons (Fsp3) is 0.250. The standard InChI is InChI=1S/C16H16F3NO/c1-11-5-3-4-6-15(11)20(2)13-8-7-12(10-21)14(9-13)16(17,18)19/h3-9,21H,10H2,1-2H3. The highest BCUT2D eigenvalue weighted by atomic mass is 19.4. The van der Waals surface area contributed by atoms with E-state index in [1.165, 1.54) is 6.07 Å². The number of benzene rings is 2. The molecule has 0 aromatic heterocycles. The molecule has 0 saturated heterocycles. The Morgan fingerprint density at radius 1 is 1.10 bits per heavy atom. The maximum absolute atomic E-state index is 13.0. The molecule has 21 heavy (non-hydrogen) atoms. The van der Waals surface area contributed by atoms with Crippen molar-refractivity contribution in [1.29, 1.82) is 0 Å². The highest BCUT2D eigenvalue weighted by Gasteiger charge is 2.33. The van der Waals surface area contributed by atoms with Gasteiger partial charge in [0, 0.05) is 18.4 Å². The van der Waals surface area contributed by atoms with Gasteiger partial charge in [-0.05, 0) is 36.2 Å². The third kappa shape index (κ3) is 3.19. The van der Waals surface area contributed by atoms with Gasteiger partial charge in [-0.3, -0.25) is 0 Å². The first-order valence-corrected chi connectivity index (χ1v) is 6.45. The van der Waals surface area contributed by atoms with Crippen LogP contribution in [0.3, 0.4) is 0 Å². The van der Waals surface area contributed by atoms with Gasteiger partial charge in [0.05, 0.1) is 12.2 Å². The minimum absolute atomic E-state index is 0.121. The molecule has 0 heterocycles. The topological polar surface area (TPSA) is 23.5 Å². The quantitative estimate of drug-likeness (QED) is 0.914. The molecule has 1 N–H and O–H groups in total. The smallest absolute Gasteiger partial charge is 0.392 e. The lowest BCUT2D eigenvalue weighted by Gasteiger charge is -2.23. The molecule has 2 rings (SSSR count). The van der Waals surface area contributed by atoms with Crippen LogP contribution in [0.4, 0.5) is 24.5 Å². The molecule has 0 aliphatic rings. The SMILES string of the molecule is Cc1ccccc1N(C)c1ccc(CO)c(C(F)(F)F)c1. The van der Waals surface area contributed by atoms with Crippen molar-refractivity contribution in [1.82, 2.24) is 0 Å². The largest absolute Gasteiger partial charge is 0.416 e. The number of anilines is 2. The fourth-order valence-electron chi connectivity index (χ4n) is 2.25. The van der Waals surface area contributed by atoms with Crippen LogP contribution in [-0.2, 0) is 12.8 Å². The molecule has 5 heteroatoms. The lowest BCUT2D eigenvalue weighted by Crippen LogP contribution is -2.14. The Balaban J connectivity index is 2.48. The van der Waals surface area contributed by atoms with E-state index in [4.69, 9.17) is 5.11 Å². The minimum atomic E-state index is -4.49. The highest BCUT2D eigenvalue weighted by Crippen LogP contribution is 2.36. The molecule has 0 spiro atoms. The van der Waals surface area contributed by atoms with E-state index in [-0.39, 0.29) is 5.56 Å². The third-order valence-corrected chi connectivity index (χ3v) is 3.43. The van der Waals surface area contributed by atoms with Gasteiger partial charge >= 0.3 is 6.18 Å². The first-order chi connectivity index (χ1) is 9.84. The van der Waals surface area contributed by atoms with Crippen molar-refractivity contribution in [3.63, 3.8) is 0 Å². The summed E-state index contributed by atoms with van der Waals surface area (Å²) >= 11 is 0. The Labute approximate surface area is 121 Å². The zero-order valence-electron chi connectivity index (χ0n) is 11.8. The van der Waals surface area contributed by atoms with E-state index in [0.717, 1.165) is 17.3 Å². The van der Waals surface area contributed by atoms with Crippen molar-refractivity contribution in [2.24, 2.45) is 0 Å². The lowest BCUT2D eigenvalue weighted by molar-refractivity contribution is -0.138. The van der Waals surface area contributed by atoms with Crippen molar-refractivity contribution in [2.45, 2.75) is 19.7 Å². The zero-order valence-corrected chi connectivity index (χ0v) is 11.8. The van der Waals surface area contributed by atoms with Crippen LogP contribution in [-0.4, -0.2) is 12.2 Å². The molecule has 0 aliphatic heterocycles. The lowest BCUT2D eigenvalue weighted by atomic mass is 10.1. The number of aryl methyl sites for hydroxylation is 1. The van der Waals surface area contributed by atoms with Crippen LogP contribution in [0.15, 0.2) is 42.5 Å². The summed E-state index contributed by atoms with van der Waals surface area (Å²) < 4.78 is 39.1. The Bertz CT molecular complexity index is 638. The second-order valence-corrected chi connectivity index (χ2v) is 4.84. The summed E-state index contributed by atoms with van der Waals surface area (Å²) in [6, 6.07) is 11.4. The van der Waals surface area contributed by atoms with Gasteiger partial charge in [-0.2, -0.15) is 13.2 Å². The second kappa shape index (κ2) is 5.77. The van der Waals surface area contributed by atoms with Gasteiger partial charge < -0.3 is 10.0 Å². The minimum Gasteiger partial charge on any atom is -0.392 e. The summed E-state index contributed by atoms with van der Waals surface area (Å²) in [5.74, 6) is 0. The molecule has 0 unspecified atom stereocenters. The molecule has 0 bridgehead atoms. The van der Waals surface area contributed by atoms with Gasteiger partial charge in [0.25, 0.3) is 0 Å². The molecule has 2 aromatic rings. The number of aliphatic hydroxyl groups excluding tert-OH is 1. The number of hydrogen-bond donors (Lipinski definition) is 1. The summed E-state index contributed by atoms with van der Waals surface area (Å²) in [5.41, 5.74) is 1.31. The normalized spacial score (nSPS) is 11.5. The van der Waals surface area contributed by atoms with Gasteiger partial charge in [-0.25, -0.2) is 0 Å². The number of aliphatic hydroxyl groups is 1. The first kappa shape index (κ1) is 15.4. The van der Waals surface area contributed by atoms with E-state index in [9.17, 15) is 13.2 Å². The number of para-hydroxylation sites is 1. The number of hydrogen-bond acceptors (Lipinski definition) is 2. The van der Waals surface area contributed by atoms with Crippen molar-refractivity contribution in [3.05, 3.63) is 59.2 Å². The summed E-state index contributed by atoms with van der Waals surface area (Å²) in [7, 11) is 1.72. The average molecular weight is 295 g/mol. The molecule has 0 saturated carbocycles. The molecule has 0 amide bonds. The van der Waals surface area contributed by atoms with E-state index in [0.29, 0.717) is 5.69 Å². The number of nitrogens with zero attached hydrogens (tertiary/aromatic N) is 1. The molecule has 2 nitrogen and oxygen atoms in total. The Morgan fingerprint density at radius 2 is 1.76 bits per heavy atom. The van der Waals surface area contributed by atoms with Gasteiger partial charge in [-0.1, -0.05) is 24.3 Å². The summed E-state index contributed by atoms with van der Waals surface area (Å²) in [5, 5.41) is 9.06. The first-order valence-electron chi connectivity index (χ1n) is 6.45. The monoisotopic (exact) mass is 295 g/mol. The number of alkyl halides is 3. The molecular weight excluding hydrogens is 279 g/mol. The van der Waals surface area contributed by atoms with Crippen LogP contribution in [0.2, 0.25) is 0 Å². The molecular formula is C16H16F3NO. The van der Waals surface area contributed by atoms with Gasteiger partial charge in [0.15, 0.2) is 0 Å². The molecule has 112 valence electrons. The Hall–Kier alpha value is -2.01. The number of halogens is 3. The van der Waals surface area contributed by atoms with Crippen molar-refractivity contribution in [2.75, 3.05) is 11.9 Å². The molecule has 0 atom stereocenters. The summed E-state index contributed by atoms with van der Waals surface area (Å²) in [6.45, 7) is 1.27. The maximum atomic E-state index is 13.0. The average Bonchev–Trinajstić information content (AvgIpc) is 2.45. The zero-order chi connectivity index (χ0) is 15.6. The predicted molar refractivity (Wildman–Crippen MR) is 76.6 cm³/mol. The molecule has 0 radical (unpaired) electrons. The van der Waals surface area contributed by atoms with Crippen LogP contribution in [0.25, 0.3) is 0 Å².